The number of phenols is 1. The van der Waals surface area contributed by atoms with Gasteiger partial charge >= 0.3 is 0 Å². The Morgan fingerprint density at radius 2 is 1.80 bits per heavy atom. The molecule has 2 aromatic carbocycles. The molecule has 3 heteroatoms. The smallest absolute Gasteiger partial charge is 0.123 e. The lowest BCUT2D eigenvalue weighted by atomic mass is 9.76. The van der Waals surface area contributed by atoms with Crippen molar-refractivity contribution in [2.45, 2.75) is 31.7 Å². The number of hydrogen-bond donors (Lipinski definition) is 2. The predicted molar refractivity (Wildman–Crippen MR) is 78.6 cm³/mol. The topological polar surface area (TPSA) is 32.3 Å². The summed E-state index contributed by atoms with van der Waals surface area (Å²) in [6, 6.07) is 12.9. The lowest BCUT2D eigenvalue weighted by molar-refractivity contribution is 0.373. The van der Waals surface area contributed by atoms with E-state index in [1.807, 2.05) is 31.2 Å². The van der Waals surface area contributed by atoms with Crippen LogP contribution in [-0.2, 0) is 0 Å². The Balaban J connectivity index is 1.58. The second-order valence-electron chi connectivity index (χ2n) is 5.56. The van der Waals surface area contributed by atoms with Crippen LogP contribution in [-0.4, -0.2) is 11.1 Å². The van der Waals surface area contributed by atoms with Crippen LogP contribution in [0.2, 0.25) is 0 Å². The monoisotopic (exact) mass is 271 g/mol. The van der Waals surface area contributed by atoms with Crippen molar-refractivity contribution >= 4 is 5.69 Å². The Labute approximate surface area is 118 Å². The minimum atomic E-state index is -0.183. The molecule has 3 rings (SSSR count). The molecule has 0 unspecified atom stereocenters. The van der Waals surface area contributed by atoms with Crippen LogP contribution >= 0.6 is 0 Å². The fourth-order valence-corrected chi connectivity index (χ4v) is 2.68. The normalized spacial score (nSPS) is 21.3. The summed E-state index contributed by atoms with van der Waals surface area (Å²) in [4.78, 5) is 0. The van der Waals surface area contributed by atoms with Crippen LogP contribution < -0.4 is 5.32 Å². The highest BCUT2D eigenvalue weighted by molar-refractivity contribution is 5.52. The molecule has 2 aromatic rings. The van der Waals surface area contributed by atoms with Gasteiger partial charge in [0.2, 0.25) is 0 Å². The molecule has 104 valence electrons. The van der Waals surface area contributed by atoms with Gasteiger partial charge in [-0.3, -0.25) is 0 Å². The van der Waals surface area contributed by atoms with Gasteiger partial charge in [-0.15, -0.1) is 0 Å². The van der Waals surface area contributed by atoms with E-state index in [4.69, 9.17) is 0 Å². The van der Waals surface area contributed by atoms with Gasteiger partial charge in [-0.05, 0) is 55.0 Å². The van der Waals surface area contributed by atoms with Crippen LogP contribution in [0.25, 0.3) is 0 Å². The van der Waals surface area contributed by atoms with E-state index in [1.165, 1.54) is 17.7 Å². The maximum atomic E-state index is 12.9. The molecule has 0 amide bonds. The number of nitrogens with one attached hydrogen (secondary N) is 1. The summed E-state index contributed by atoms with van der Waals surface area (Å²) in [6.45, 7) is 1.88. The summed E-state index contributed by atoms with van der Waals surface area (Å²) < 4.78 is 12.9. The summed E-state index contributed by atoms with van der Waals surface area (Å²) in [6.07, 6.45) is 2.08. The Hall–Kier alpha value is -2.03. The largest absolute Gasteiger partial charge is 0.508 e. The molecule has 0 aliphatic heterocycles. The standard InChI is InChI=1S/C17H18FNO/c1-11-2-7-15(10-17(11)20)19-16-8-13(9-16)12-3-5-14(18)6-4-12/h2-7,10,13,16,19-20H,8-9H2,1H3. The minimum absolute atomic E-state index is 0.183. The number of aryl methyl sites for hydroxylation is 1. The third-order valence-electron chi connectivity index (χ3n) is 4.06. The molecular weight excluding hydrogens is 253 g/mol. The second-order valence-corrected chi connectivity index (χ2v) is 5.56. The Bertz CT molecular complexity index is 603. The molecule has 0 aromatic heterocycles. The van der Waals surface area contributed by atoms with Crippen LogP contribution in [0.5, 0.6) is 5.75 Å². The van der Waals surface area contributed by atoms with Crippen LogP contribution in [0, 0.1) is 12.7 Å². The van der Waals surface area contributed by atoms with Gasteiger partial charge < -0.3 is 10.4 Å². The van der Waals surface area contributed by atoms with Gasteiger partial charge in [-0.25, -0.2) is 4.39 Å². The van der Waals surface area contributed by atoms with Crippen molar-refractivity contribution in [2.75, 3.05) is 5.32 Å². The van der Waals surface area contributed by atoms with E-state index in [1.54, 1.807) is 6.07 Å². The fourth-order valence-electron chi connectivity index (χ4n) is 2.68. The Morgan fingerprint density at radius 1 is 1.10 bits per heavy atom. The molecular formula is C17H18FNO. The molecule has 1 aliphatic rings. The van der Waals surface area contributed by atoms with Gasteiger partial charge in [0.15, 0.2) is 0 Å². The Kier molecular flexibility index (Phi) is 3.35. The van der Waals surface area contributed by atoms with Crippen LogP contribution in [0.3, 0.4) is 0 Å². The van der Waals surface area contributed by atoms with E-state index in [-0.39, 0.29) is 5.82 Å². The number of hydrogen-bond acceptors (Lipinski definition) is 2. The third-order valence-corrected chi connectivity index (χ3v) is 4.06. The average molecular weight is 271 g/mol. The van der Waals surface area contributed by atoms with Crippen molar-refractivity contribution in [3.05, 3.63) is 59.4 Å². The molecule has 0 heterocycles. The molecule has 2 N–H and O–H groups in total. The van der Waals surface area contributed by atoms with Crippen molar-refractivity contribution in [2.24, 2.45) is 0 Å². The van der Waals surface area contributed by atoms with E-state index in [9.17, 15) is 9.50 Å². The molecule has 0 radical (unpaired) electrons. The highest BCUT2D eigenvalue weighted by atomic mass is 19.1. The maximum absolute atomic E-state index is 12.9. The van der Waals surface area contributed by atoms with Crippen molar-refractivity contribution in [3.63, 3.8) is 0 Å². The molecule has 0 spiro atoms. The molecule has 2 nitrogen and oxygen atoms in total. The minimum Gasteiger partial charge on any atom is -0.508 e. The van der Waals surface area contributed by atoms with Crippen molar-refractivity contribution < 1.29 is 9.50 Å². The van der Waals surface area contributed by atoms with E-state index in [0.717, 1.165) is 24.1 Å². The molecule has 1 aliphatic carbocycles. The van der Waals surface area contributed by atoms with Gasteiger partial charge in [0.25, 0.3) is 0 Å². The van der Waals surface area contributed by atoms with Gasteiger partial charge in [-0.1, -0.05) is 18.2 Å². The van der Waals surface area contributed by atoms with E-state index >= 15 is 0 Å². The molecule has 20 heavy (non-hydrogen) atoms. The van der Waals surface area contributed by atoms with Crippen LogP contribution in [0.4, 0.5) is 10.1 Å². The first kappa shape index (κ1) is 13.0. The zero-order valence-electron chi connectivity index (χ0n) is 11.4. The SMILES string of the molecule is Cc1ccc(NC2CC(c3ccc(F)cc3)C2)cc1O. The van der Waals surface area contributed by atoms with Crippen LogP contribution in [0.15, 0.2) is 42.5 Å². The highest BCUT2D eigenvalue weighted by Gasteiger charge is 2.30. The van der Waals surface area contributed by atoms with Gasteiger partial charge in [-0.2, -0.15) is 0 Å². The predicted octanol–water partition coefficient (Wildman–Crippen LogP) is 4.20. The zero-order valence-corrected chi connectivity index (χ0v) is 11.4. The number of anilines is 1. The molecule has 0 atom stereocenters. The summed E-state index contributed by atoms with van der Waals surface area (Å²) in [5.41, 5.74) is 3.04. The summed E-state index contributed by atoms with van der Waals surface area (Å²) >= 11 is 0. The first-order valence-corrected chi connectivity index (χ1v) is 6.93. The first-order chi connectivity index (χ1) is 9.61. The quantitative estimate of drug-likeness (QED) is 0.877. The lowest BCUT2D eigenvalue weighted by Gasteiger charge is -2.37. The summed E-state index contributed by atoms with van der Waals surface area (Å²) in [7, 11) is 0. The molecule has 1 fully saturated rings. The Morgan fingerprint density at radius 3 is 2.45 bits per heavy atom. The molecule has 0 saturated heterocycles. The van der Waals surface area contributed by atoms with E-state index in [0.29, 0.717) is 17.7 Å². The van der Waals surface area contributed by atoms with Crippen LogP contribution in [0.1, 0.15) is 29.9 Å². The number of rotatable bonds is 3. The summed E-state index contributed by atoms with van der Waals surface area (Å²) in [5.74, 6) is 0.648. The van der Waals surface area contributed by atoms with E-state index in [2.05, 4.69) is 5.32 Å². The van der Waals surface area contributed by atoms with Gasteiger partial charge in [0.1, 0.15) is 11.6 Å². The number of phenolic OH excluding ortho intramolecular Hbond substituents is 1. The zero-order chi connectivity index (χ0) is 14.1. The maximum Gasteiger partial charge on any atom is 0.123 e. The molecule has 1 saturated carbocycles. The number of aromatic hydroxyl groups is 1. The average Bonchev–Trinajstić information content (AvgIpc) is 2.39. The van der Waals surface area contributed by atoms with Crippen molar-refractivity contribution in [1.29, 1.82) is 0 Å². The third kappa shape index (κ3) is 2.62. The first-order valence-electron chi connectivity index (χ1n) is 6.93. The van der Waals surface area contributed by atoms with Crippen molar-refractivity contribution in [1.82, 2.24) is 0 Å². The van der Waals surface area contributed by atoms with Crippen molar-refractivity contribution in [3.8, 4) is 5.75 Å². The van der Waals surface area contributed by atoms with Gasteiger partial charge in [0, 0.05) is 17.8 Å². The number of halogens is 1. The number of benzene rings is 2. The van der Waals surface area contributed by atoms with Gasteiger partial charge in [0.05, 0.1) is 0 Å². The molecule has 0 bridgehead atoms. The highest BCUT2D eigenvalue weighted by Crippen LogP contribution is 2.38. The fraction of sp³-hybridized carbons (Fsp3) is 0.294. The summed E-state index contributed by atoms with van der Waals surface area (Å²) in [5, 5.41) is 13.1. The lowest BCUT2D eigenvalue weighted by Crippen LogP contribution is -2.33. The second kappa shape index (κ2) is 5.16. The van der Waals surface area contributed by atoms with E-state index < -0.39 is 0 Å².